The lowest BCUT2D eigenvalue weighted by Gasteiger charge is -2.43. The van der Waals surface area contributed by atoms with Crippen molar-refractivity contribution in [3.8, 4) is 0 Å². The minimum Gasteiger partial charge on any atom is -0.455 e. The van der Waals surface area contributed by atoms with Crippen LogP contribution in [0.3, 0.4) is 0 Å². The normalized spacial score (nSPS) is 23.6. The van der Waals surface area contributed by atoms with Gasteiger partial charge >= 0.3 is 11.9 Å². The zero-order valence-corrected chi connectivity index (χ0v) is 24.2. The number of hydrogen-bond acceptors (Lipinski definition) is 8. The summed E-state index contributed by atoms with van der Waals surface area (Å²) in [5.41, 5.74) is 1.03. The predicted octanol–water partition coefficient (Wildman–Crippen LogP) is 4.81. The Bertz CT molecular complexity index is 1250. The molecule has 0 spiro atoms. The summed E-state index contributed by atoms with van der Waals surface area (Å²) in [4.78, 5) is 23.8. The second kappa shape index (κ2) is 12.6. The predicted molar refractivity (Wildman–Crippen MR) is 151 cm³/mol. The average molecular weight is 555 g/mol. The van der Waals surface area contributed by atoms with Crippen LogP contribution in [0.2, 0.25) is 25.7 Å². The van der Waals surface area contributed by atoms with E-state index in [1.54, 1.807) is 0 Å². The summed E-state index contributed by atoms with van der Waals surface area (Å²) in [5.74, 6) is -1.20. The SMILES string of the molecule is CC(=O)O[C@H]1[C@H](OCC[Si](C)(C)C)O[C@H](COCc2c3ccccc3cc3ccccc23)[C@@H](O)[C@@H]1OC(C)=O. The van der Waals surface area contributed by atoms with Gasteiger partial charge in [-0.1, -0.05) is 68.2 Å². The summed E-state index contributed by atoms with van der Waals surface area (Å²) in [6.45, 7) is 9.84. The maximum absolute atomic E-state index is 11.9. The Balaban J connectivity index is 1.55. The number of rotatable bonds is 10. The third kappa shape index (κ3) is 7.43. The van der Waals surface area contributed by atoms with Crippen molar-refractivity contribution in [2.45, 2.75) is 76.8 Å². The van der Waals surface area contributed by atoms with E-state index in [4.69, 9.17) is 23.7 Å². The molecule has 4 rings (SSSR count). The fourth-order valence-corrected chi connectivity index (χ4v) is 5.56. The molecule has 1 fully saturated rings. The van der Waals surface area contributed by atoms with E-state index in [0.29, 0.717) is 6.61 Å². The highest BCUT2D eigenvalue weighted by Gasteiger charge is 2.50. The van der Waals surface area contributed by atoms with E-state index in [-0.39, 0.29) is 13.2 Å². The smallest absolute Gasteiger partial charge is 0.303 e. The molecule has 9 heteroatoms. The van der Waals surface area contributed by atoms with Gasteiger partial charge in [-0.15, -0.1) is 0 Å². The van der Waals surface area contributed by atoms with Crippen molar-refractivity contribution in [3.05, 3.63) is 60.2 Å². The molecular formula is C30H38O8Si. The van der Waals surface area contributed by atoms with Gasteiger partial charge in [-0.05, 0) is 39.2 Å². The van der Waals surface area contributed by atoms with Gasteiger partial charge in [0.1, 0.15) is 12.2 Å². The molecule has 0 bridgehead atoms. The van der Waals surface area contributed by atoms with Crippen LogP contribution >= 0.6 is 0 Å². The quantitative estimate of drug-likeness (QED) is 0.216. The zero-order valence-electron chi connectivity index (χ0n) is 23.2. The molecule has 210 valence electrons. The monoisotopic (exact) mass is 554 g/mol. The van der Waals surface area contributed by atoms with Crippen molar-refractivity contribution in [2.24, 2.45) is 0 Å². The van der Waals surface area contributed by atoms with Crippen LogP contribution in [0.15, 0.2) is 54.6 Å². The fraction of sp³-hybridized carbons (Fsp3) is 0.467. The Hall–Kier alpha value is -2.82. The molecule has 3 aromatic rings. The molecular weight excluding hydrogens is 516 g/mol. The number of hydrogen-bond donors (Lipinski definition) is 1. The second-order valence-corrected chi connectivity index (χ2v) is 16.8. The van der Waals surface area contributed by atoms with Crippen molar-refractivity contribution in [1.82, 2.24) is 0 Å². The highest BCUT2D eigenvalue weighted by Crippen LogP contribution is 2.31. The number of aliphatic hydroxyl groups excluding tert-OH is 1. The van der Waals surface area contributed by atoms with Crippen LogP contribution in [-0.2, 0) is 39.9 Å². The molecule has 1 aliphatic rings. The second-order valence-electron chi connectivity index (χ2n) is 11.2. The number of benzene rings is 3. The molecule has 8 nitrogen and oxygen atoms in total. The maximum Gasteiger partial charge on any atom is 0.303 e. The summed E-state index contributed by atoms with van der Waals surface area (Å²) >= 11 is 0. The lowest BCUT2D eigenvalue weighted by Crippen LogP contribution is -2.61. The van der Waals surface area contributed by atoms with Gasteiger partial charge in [0.15, 0.2) is 18.5 Å². The Kier molecular flexibility index (Phi) is 9.40. The summed E-state index contributed by atoms with van der Waals surface area (Å²) in [6.07, 6.45) is -5.46. The van der Waals surface area contributed by atoms with E-state index in [9.17, 15) is 14.7 Å². The van der Waals surface area contributed by atoms with Gasteiger partial charge in [0, 0.05) is 28.5 Å². The lowest BCUT2D eigenvalue weighted by molar-refractivity contribution is -0.306. The molecule has 1 saturated heterocycles. The number of fused-ring (bicyclic) bond motifs is 2. The van der Waals surface area contributed by atoms with Crippen molar-refractivity contribution in [2.75, 3.05) is 13.2 Å². The third-order valence-electron chi connectivity index (χ3n) is 6.77. The van der Waals surface area contributed by atoms with E-state index in [2.05, 4.69) is 50.0 Å². The topological polar surface area (TPSA) is 101 Å². The number of ether oxygens (including phenoxy) is 5. The Morgan fingerprint density at radius 1 is 0.897 bits per heavy atom. The van der Waals surface area contributed by atoms with Crippen LogP contribution in [0.1, 0.15) is 19.4 Å². The molecule has 0 aromatic heterocycles. The van der Waals surface area contributed by atoms with Crippen LogP contribution < -0.4 is 0 Å². The minimum absolute atomic E-state index is 0.0111. The average Bonchev–Trinajstić information content (AvgIpc) is 2.86. The standard InChI is InChI=1S/C30H38O8Si/c1-19(31)36-28-27(33)26(38-30(29(28)37-20(2)32)35-14-15-39(3,4)5)18-34-17-25-23-12-8-6-10-21(23)16-22-11-7-9-13-24(22)25/h6-13,16,26-30,33H,14-15,17-18H2,1-5H3/t26-,27-,28+,29-,30-/m1/s1. The number of aliphatic hydroxyl groups is 1. The van der Waals surface area contributed by atoms with E-state index >= 15 is 0 Å². The Morgan fingerprint density at radius 3 is 2.03 bits per heavy atom. The number of esters is 2. The van der Waals surface area contributed by atoms with Crippen LogP contribution in [0.5, 0.6) is 0 Å². The number of carbonyl (C=O) groups is 2. The van der Waals surface area contributed by atoms with Crippen LogP contribution in [0, 0.1) is 0 Å². The van der Waals surface area contributed by atoms with Gasteiger partial charge in [-0.2, -0.15) is 0 Å². The Labute approximate surface area is 230 Å². The molecule has 0 amide bonds. The molecule has 0 saturated carbocycles. The molecule has 0 radical (unpaired) electrons. The van der Waals surface area contributed by atoms with E-state index in [1.807, 2.05) is 24.3 Å². The highest BCUT2D eigenvalue weighted by atomic mass is 28.3. The van der Waals surface area contributed by atoms with E-state index < -0.39 is 50.7 Å². The minimum atomic E-state index is -1.42. The third-order valence-corrected chi connectivity index (χ3v) is 8.47. The van der Waals surface area contributed by atoms with Crippen LogP contribution in [-0.4, -0.2) is 69.0 Å². The fourth-order valence-electron chi connectivity index (χ4n) is 4.83. The first kappa shape index (κ1) is 29.2. The van der Waals surface area contributed by atoms with Crippen LogP contribution in [0.25, 0.3) is 21.5 Å². The molecule has 0 unspecified atom stereocenters. The van der Waals surface area contributed by atoms with Crippen molar-refractivity contribution >= 4 is 41.6 Å². The molecule has 1 heterocycles. The van der Waals surface area contributed by atoms with E-state index in [1.165, 1.54) is 13.8 Å². The highest BCUT2D eigenvalue weighted by molar-refractivity contribution is 6.76. The molecule has 1 N–H and O–H groups in total. The summed E-state index contributed by atoms with van der Waals surface area (Å²) in [6, 6.07) is 19.3. The van der Waals surface area contributed by atoms with E-state index in [0.717, 1.165) is 33.2 Å². The van der Waals surface area contributed by atoms with Crippen molar-refractivity contribution < 1.29 is 38.4 Å². The van der Waals surface area contributed by atoms with Gasteiger partial charge in [0.05, 0.1) is 13.2 Å². The van der Waals surface area contributed by atoms with Gasteiger partial charge in [-0.3, -0.25) is 9.59 Å². The first-order valence-electron chi connectivity index (χ1n) is 13.3. The summed E-state index contributed by atoms with van der Waals surface area (Å²) in [7, 11) is -1.42. The molecule has 3 aromatic carbocycles. The van der Waals surface area contributed by atoms with Crippen LogP contribution in [0.4, 0.5) is 0 Å². The molecule has 39 heavy (non-hydrogen) atoms. The Morgan fingerprint density at radius 2 is 1.46 bits per heavy atom. The van der Waals surface area contributed by atoms with Crippen molar-refractivity contribution in [3.63, 3.8) is 0 Å². The van der Waals surface area contributed by atoms with Gasteiger partial charge in [0.2, 0.25) is 0 Å². The first-order chi connectivity index (χ1) is 18.5. The largest absolute Gasteiger partial charge is 0.455 e. The lowest BCUT2D eigenvalue weighted by atomic mass is 9.97. The first-order valence-corrected chi connectivity index (χ1v) is 17.0. The zero-order chi connectivity index (χ0) is 28.2. The summed E-state index contributed by atoms with van der Waals surface area (Å²) in [5, 5.41) is 15.5. The van der Waals surface area contributed by atoms with Crippen molar-refractivity contribution in [1.29, 1.82) is 0 Å². The maximum atomic E-state index is 11.9. The summed E-state index contributed by atoms with van der Waals surface area (Å²) < 4.78 is 29.1. The van der Waals surface area contributed by atoms with Gasteiger partial charge < -0.3 is 28.8 Å². The van der Waals surface area contributed by atoms with Gasteiger partial charge in [-0.25, -0.2) is 0 Å². The molecule has 1 aliphatic heterocycles. The molecule has 0 aliphatic carbocycles. The molecule has 5 atom stereocenters. The number of carbonyl (C=O) groups excluding carboxylic acids is 2. The van der Waals surface area contributed by atoms with Gasteiger partial charge in [0.25, 0.3) is 0 Å².